The van der Waals surface area contributed by atoms with Gasteiger partial charge < -0.3 is 19.9 Å². The average Bonchev–Trinajstić information content (AvgIpc) is 2.33. The molecular formula is C15H25NO3. The predicted octanol–water partition coefficient (Wildman–Crippen LogP) is 2.59. The number of benzene rings is 1. The fourth-order valence-electron chi connectivity index (χ4n) is 1.59. The molecule has 19 heavy (non-hydrogen) atoms. The van der Waals surface area contributed by atoms with E-state index in [1.54, 1.807) is 7.11 Å². The SMILES string of the molecule is COc1ccc(C)cc1NCC(O)COC(C)(C)C. The maximum absolute atomic E-state index is 9.88. The summed E-state index contributed by atoms with van der Waals surface area (Å²) in [6.45, 7) is 8.66. The predicted molar refractivity (Wildman–Crippen MR) is 77.9 cm³/mol. The summed E-state index contributed by atoms with van der Waals surface area (Å²) in [5.74, 6) is 0.773. The second-order valence-electron chi connectivity index (χ2n) is 5.66. The van der Waals surface area contributed by atoms with Gasteiger partial charge in [0.1, 0.15) is 5.75 Å². The smallest absolute Gasteiger partial charge is 0.141 e. The van der Waals surface area contributed by atoms with Crippen LogP contribution in [0.1, 0.15) is 26.3 Å². The van der Waals surface area contributed by atoms with E-state index in [0.717, 1.165) is 17.0 Å². The minimum Gasteiger partial charge on any atom is -0.495 e. The van der Waals surface area contributed by atoms with Crippen LogP contribution in [0.15, 0.2) is 18.2 Å². The highest BCUT2D eigenvalue weighted by Crippen LogP contribution is 2.25. The van der Waals surface area contributed by atoms with Gasteiger partial charge in [-0.3, -0.25) is 0 Å². The zero-order valence-corrected chi connectivity index (χ0v) is 12.5. The molecule has 0 aliphatic rings. The van der Waals surface area contributed by atoms with Gasteiger partial charge in [-0.15, -0.1) is 0 Å². The number of methoxy groups -OCH3 is 1. The van der Waals surface area contributed by atoms with Crippen LogP contribution < -0.4 is 10.1 Å². The first-order chi connectivity index (χ1) is 8.81. The minimum absolute atomic E-state index is 0.234. The Morgan fingerprint density at radius 1 is 1.32 bits per heavy atom. The molecule has 0 bridgehead atoms. The van der Waals surface area contributed by atoms with Crippen LogP contribution in [-0.2, 0) is 4.74 Å². The summed E-state index contributed by atoms with van der Waals surface area (Å²) >= 11 is 0. The van der Waals surface area contributed by atoms with Crippen LogP contribution in [0, 0.1) is 6.92 Å². The van der Waals surface area contributed by atoms with Crippen molar-refractivity contribution >= 4 is 5.69 Å². The monoisotopic (exact) mass is 267 g/mol. The maximum atomic E-state index is 9.88. The number of aryl methyl sites for hydroxylation is 1. The molecule has 1 aromatic carbocycles. The quantitative estimate of drug-likeness (QED) is 0.832. The highest BCUT2D eigenvalue weighted by Gasteiger charge is 2.14. The molecule has 0 aliphatic carbocycles. The average molecular weight is 267 g/mol. The molecule has 0 aromatic heterocycles. The molecule has 0 fully saturated rings. The first-order valence-electron chi connectivity index (χ1n) is 6.52. The Hall–Kier alpha value is -1.26. The molecule has 2 N–H and O–H groups in total. The minimum atomic E-state index is -0.551. The zero-order chi connectivity index (χ0) is 14.5. The van der Waals surface area contributed by atoms with E-state index in [4.69, 9.17) is 9.47 Å². The Labute approximate surface area is 115 Å². The molecule has 4 heteroatoms. The Kier molecular flexibility index (Phi) is 5.63. The van der Waals surface area contributed by atoms with E-state index < -0.39 is 6.10 Å². The number of rotatable bonds is 6. The van der Waals surface area contributed by atoms with Crippen LogP contribution >= 0.6 is 0 Å². The number of hydrogen-bond acceptors (Lipinski definition) is 4. The van der Waals surface area contributed by atoms with E-state index in [0.29, 0.717) is 13.2 Å². The van der Waals surface area contributed by atoms with Gasteiger partial charge in [0.25, 0.3) is 0 Å². The van der Waals surface area contributed by atoms with Gasteiger partial charge in [0.2, 0.25) is 0 Å². The molecule has 1 aromatic rings. The van der Waals surface area contributed by atoms with Crippen LogP contribution in [-0.4, -0.2) is 37.1 Å². The van der Waals surface area contributed by atoms with Gasteiger partial charge in [0, 0.05) is 6.54 Å². The van der Waals surface area contributed by atoms with E-state index >= 15 is 0 Å². The zero-order valence-electron chi connectivity index (χ0n) is 12.5. The molecule has 1 rings (SSSR count). The Morgan fingerprint density at radius 3 is 2.58 bits per heavy atom. The summed E-state index contributed by atoms with van der Waals surface area (Å²) < 4.78 is 10.8. The van der Waals surface area contributed by atoms with E-state index in [1.165, 1.54) is 0 Å². The van der Waals surface area contributed by atoms with Gasteiger partial charge in [0.05, 0.1) is 31.1 Å². The molecule has 0 amide bonds. The van der Waals surface area contributed by atoms with Crippen LogP contribution in [0.3, 0.4) is 0 Å². The first kappa shape index (κ1) is 15.8. The summed E-state index contributed by atoms with van der Waals surface area (Å²) in [6.07, 6.45) is -0.551. The normalized spacial score (nSPS) is 13.2. The maximum Gasteiger partial charge on any atom is 0.141 e. The third kappa shape index (κ3) is 5.94. The summed E-state index contributed by atoms with van der Waals surface area (Å²) in [5, 5.41) is 13.1. The lowest BCUT2D eigenvalue weighted by atomic mass is 10.2. The van der Waals surface area contributed by atoms with Crippen molar-refractivity contribution in [2.75, 3.05) is 25.6 Å². The van der Waals surface area contributed by atoms with E-state index in [9.17, 15) is 5.11 Å². The Balaban J connectivity index is 2.50. The van der Waals surface area contributed by atoms with Gasteiger partial charge in [-0.1, -0.05) is 6.07 Å². The van der Waals surface area contributed by atoms with Gasteiger partial charge in [0.15, 0.2) is 0 Å². The molecule has 0 spiro atoms. The Morgan fingerprint density at radius 2 is 2.00 bits per heavy atom. The molecule has 1 atom stereocenters. The highest BCUT2D eigenvalue weighted by molar-refractivity contribution is 5.58. The van der Waals surface area contributed by atoms with Crippen LogP contribution in [0.25, 0.3) is 0 Å². The lowest BCUT2D eigenvalue weighted by Gasteiger charge is -2.22. The second-order valence-corrected chi connectivity index (χ2v) is 5.66. The number of aliphatic hydroxyl groups excluding tert-OH is 1. The van der Waals surface area contributed by atoms with Crippen molar-refractivity contribution in [3.63, 3.8) is 0 Å². The van der Waals surface area contributed by atoms with Crippen molar-refractivity contribution in [2.45, 2.75) is 39.4 Å². The standard InChI is InChI=1S/C15H25NO3/c1-11-6-7-14(18-5)13(8-11)16-9-12(17)10-19-15(2,3)4/h6-8,12,16-17H,9-10H2,1-5H3. The van der Waals surface area contributed by atoms with Crippen molar-refractivity contribution < 1.29 is 14.6 Å². The first-order valence-corrected chi connectivity index (χ1v) is 6.52. The van der Waals surface area contributed by atoms with Crippen LogP contribution in [0.5, 0.6) is 5.75 Å². The van der Waals surface area contributed by atoms with Crippen molar-refractivity contribution in [3.05, 3.63) is 23.8 Å². The molecule has 0 saturated carbocycles. The third-order valence-corrected chi connectivity index (χ3v) is 2.59. The van der Waals surface area contributed by atoms with Crippen molar-refractivity contribution in [1.82, 2.24) is 0 Å². The number of anilines is 1. The number of nitrogens with one attached hydrogen (secondary N) is 1. The van der Waals surface area contributed by atoms with Gasteiger partial charge >= 0.3 is 0 Å². The number of aliphatic hydroxyl groups is 1. The molecule has 1 unspecified atom stereocenters. The molecule has 0 aliphatic heterocycles. The Bertz CT molecular complexity index is 399. The molecular weight excluding hydrogens is 242 g/mol. The largest absolute Gasteiger partial charge is 0.495 e. The summed E-state index contributed by atoms with van der Waals surface area (Å²) in [6, 6.07) is 5.90. The van der Waals surface area contributed by atoms with Crippen molar-refractivity contribution in [3.8, 4) is 5.75 Å². The van der Waals surface area contributed by atoms with E-state index in [-0.39, 0.29) is 5.60 Å². The van der Waals surface area contributed by atoms with E-state index in [1.807, 2.05) is 45.9 Å². The van der Waals surface area contributed by atoms with Crippen LogP contribution in [0.4, 0.5) is 5.69 Å². The molecule has 4 nitrogen and oxygen atoms in total. The van der Waals surface area contributed by atoms with Gasteiger partial charge in [-0.2, -0.15) is 0 Å². The molecule has 0 saturated heterocycles. The molecule has 108 valence electrons. The summed E-state index contributed by atoms with van der Waals surface area (Å²) in [7, 11) is 1.63. The lowest BCUT2D eigenvalue weighted by molar-refractivity contribution is -0.0449. The lowest BCUT2D eigenvalue weighted by Crippen LogP contribution is -2.30. The topological polar surface area (TPSA) is 50.7 Å². The fourth-order valence-corrected chi connectivity index (χ4v) is 1.59. The number of hydrogen-bond donors (Lipinski definition) is 2. The van der Waals surface area contributed by atoms with Crippen LogP contribution in [0.2, 0.25) is 0 Å². The number of ether oxygens (including phenoxy) is 2. The molecule has 0 heterocycles. The second kappa shape index (κ2) is 6.78. The highest BCUT2D eigenvalue weighted by atomic mass is 16.5. The molecule has 0 radical (unpaired) electrons. The van der Waals surface area contributed by atoms with Crippen molar-refractivity contribution in [1.29, 1.82) is 0 Å². The fraction of sp³-hybridized carbons (Fsp3) is 0.600. The summed E-state index contributed by atoms with van der Waals surface area (Å²) in [4.78, 5) is 0. The van der Waals surface area contributed by atoms with Gasteiger partial charge in [-0.25, -0.2) is 0 Å². The summed E-state index contributed by atoms with van der Waals surface area (Å²) in [5.41, 5.74) is 1.79. The van der Waals surface area contributed by atoms with Gasteiger partial charge in [-0.05, 0) is 45.4 Å². The van der Waals surface area contributed by atoms with E-state index in [2.05, 4.69) is 5.32 Å². The van der Waals surface area contributed by atoms with Crippen molar-refractivity contribution in [2.24, 2.45) is 0 Å². The third-order valence-electron chi connectivity index (χ3n) is 2.59.